The average molecular weight is 215 g/mol. The number of carbonyl (C=O) groups excluding carboxylic acids is 1. The minimum absolute atomic E-state index is 0.167. The molecule has 0 amide bonds. The molecule has 7 heteroatoms. The van der Waals surface area contributed by atoms with Crippen molar-refractivity contribution >= 4 is 18.8 Å². The zero-order chi connectivity index (χ0) is 10.5. The molecule has 0 heterocycles. The Morgan fingerprint density at radius 3 is 2.46 bits per heavy atom. The zero-order valence-corrected chi connectivity index (χ0v) is 7.41. The number of nitrogens with one attached hydrogen (secondary N) is 1. The SMILES string of the molecule is C=C(C(=O)OCCNS)C(F)(F)F. The Morgan fingerprint density at radius 2 is 2.08 bits per heavy atom. The van der Waals surface area contributed by atoms with E-state index in [2.05, 4.69) is 28.9 Å². The molecule has 3 nitrogen and oxygen atoms in total. The highest BCUT2D eigenvalue weighted by atomic mass is 32.1. The molecule has 1 N–H and O–H groups in total. The lowest BCUT2D eigenvalue weighted by atomic mass is 10.3. The summed E-state index contributed by atoms with van der Waals surface area (Å²) in [6.07, 6.45) is -4.73. The Hall–Kier alpha value is -0.690. The zero-order valence-electron chi connectivity index (χ0n) is 6.52. The van der Waals surface area contributed by atoms with Crippen molar-refractivity contribution in [2.75, 3.05) is 13.2 Å². The van der Waals surface area contributed by atoms with Crippen LogP contribution in [0.15, 0.2) is 12.2 Å². The molecule has 76 valence electrons. The standard InChI is InChI=1S/C6H8F3NO2S/c1-4(6(7,8)9)5(11)12-3-2-10-13/h10,13H,1-3H2. The summed E-state index contributed by atoms with van der Waals surface area (Å²) in [5.74, 6) is -1.46. The Balaban J connectivity index is 3.92. The first-order valence-electron chi connectivity index (χ1n) is 3.19. The van der Waals surface area contributed by atoms with Crippen molar-refractivity contribution in [1.29, 1.82) is 0 Å². The van der Waals surface area contributed by atoms with E-state index >= 15 is 0 Å². The van der Waals surface area contributed by atoms with Crippen molar-refractivity contribution in [3.05, 3.63) is 12.2 Å². The van der Waals surface area contributed by atoms with Crippen LogP contribution < -0.4 is 4.72 Å². The number of rotatable bonds is 4. The molecule has 0 rings (SSSR count). The molecule has 0 aliphatic heterocycles. The Kier molecular flexibility index (Phi) is 4.86. The molecule has 0 aromatic rings. The van der Waals surface area contributed by atoms with Gasteiger partial charge in [0, 0.05) is 6.54 Å². The Labute approximate surface area is 78.5 Å². The summed E-state index contributed by atoms with van der Waals surface area (Å²) < 4.78 is 41.8. The van der Waals surface area contributed by atoms with Gasteiger partial charge >= 0.3 is 12.1 Å². The largest absolute Gasteiger partial charge is 0.461 e. The number of thiol groups is 1. The molecule has 0 saturated heterocycles. The predicted molar refractivity (Wildman–Crippen MR) is 43.1 cm³/mol. The number of alkyl halides is 3. The van der Waals surface area contributed by atoms with Crippen LogP contribution in [0.3, 0.4) is 0 Å². The van der Waals surface area contributed by atoms with Crippen molar-refractivity contribution in [2.45, 2.75) is 6.18 Å². The smallest absolute Gasteiger partial charge is 0.422 e. The summed E-state index contributed by atoms with van der Waals surface area (Å²) in [7, 11) is 0. The number of ether oxygens (including phenoxy) is 1. The highest BCUT2D eigenvalue weighted by Crippen LogP contribution is 2.24. The van der Waals surface area contributed by atoms with E-state index in [1.54, 1.807) is 0 Å². The van der Waals surface area contributed by atoms with Gasteiger partial charge in [0.1, 0.15) is 12.2 Å². The molecular weight excluding hydrogens is 207 g/mol. The first-order chi connectivity index (χ1) is 5.89. The van der Waals surface area contributed by atoms with Crippen LogP contribution in [0.1, 0.15) is 0 Å². The van der Waals surface area contributed by atoms with E-state index in [9.17, 15) is 18.0 Å². The molecule has 0 atom stereocenters. The van der Waals surface area contributed by atoms with E-state index in [1.807, 2.05) is 0 Å². The highest BCUT2D eigenvalue weighted by Gasteiger charge is 2.37. The minimum Gasteiger partial charge on any atom is -0.461 e. The van der Waals surface area contributed by atoms with Gasteiger partial charge in [0.05, 0.1) is 0 Å². The van der Waals surface area contributed by atoms with E-state index in [0.717, 1.165) is 0 Å². The van der Waals surface area contributed by atoms with Crippen molar-refractivity contribution in [1.82, 2.24) is 4.72 Å². The summed E-state index contributed by atoms with van der Waals surface area (Å²) in [5.41, 5.74) is -1.51. The normalized spacial score (nSPS) is 11.1. The van der Waals surface area contributed by atoms with Crippen LogP contribution in [-0.2, 0) is 9.53 Å². The fraction of sp³-hybridized carbons (Fsp3) is 0.500. The van der Waals surface area contributed by atoms with Gasteiger partial charge in [-0.15, -0.1) is 0 Å². The molecular formula is C6H8F3NO2S. The third-order valence-corrected chi connectivity index (χ3v) is 1.26. The molecule has 0 bridgehead atoms. The quantitative estimate of drug-likeness (QED) is 0.319. The van der Waals surface area contributed by atoms with E-state index in [4.69, 9.17) is 0 Å². The van der Waals surface area contributed by atoms with E-state index in [0.29, 0.717) is 0 Å². The molecule has 0 aromatic heterocycles. The number of esters is 1. The first kappa shape index (κ1) is 12.3. The lowest BCUT2D eigenvalue weighted by molar-refractivity contribution is -0.150. The van der Waals surface area contributed by atoms with Crippen molar-refractivity contribution in [3.63, 3.8) is 0 Å². The maximum Gasteiger partial charge on any atom is 0.422 e. The van der Waals surface area contributed by atoms with Crippen LogP contribution in [0.5, 0.6) is 0 Å². The predicted octanol–water partition coefficient (Wildman–Crippen LogP) is 1.08. The summed E-state index contributed by atoms with van der Waals surface area (Å²) >= 11 is 3.55. The van der Waals surface area contributed by atoms with Gasteiger partial charge in [-0.05, 0) is 0 Å². The second kappa shape index (κ2) is 5.13. The fourth-order valence-corrected chi connectivity index (χ4v) is 0.484. The molecule has 0 unspecified atom stereocenters. The average Bonchev–Trinajstić information content (AvgIpc) is 2.01. The summed E-state index contributed by atoms with van der Waals surface area (Å²) in [6.45, 7) is 2.55. The van der Waals surface area contributed by atoms with Crippen LogP contribution in [-0.4, -0.2) is 25.3 Å². The lowest BCUT2D eigenvalue weighted by Gasteiger charge is -2.08. The maximum absolute atomic E-state index is 11.8. The van der Waals surface area contributed by atoms with Gasteiger partial charge < -0.3 is 4.74 Å². The highest BCUT2D eigenvalue weighted by molar-refractivity contribution is 7.78. The molecule has 0 saturated carbocycles. The second-order valence-electron chi connectivity index (χ2n) is 2.02. The Bertz CT molecular complexity index is 205. The fourth-order valence-electron chi connectivity index (χ4n) is 0.392. The van der Waals surface area contributed by atoms with Crippen molar-refractivity contribution < 1.29 is 22.7 Å². The number of carbonyl (C=O) groups is 1. The van der Waals surface area contributed by atoms with Crippen LogP contribution >= 0.6 is 12.8 Å². The molecule has 0 aliphatic carbocycles. The minimum atomic E-state index is -4.73. The van der Waals surface area contributed by atoms with Crippen LogP contribution in [0.4, 0.5) is 13.2 Å². The van der Waals surface area contributed by atoms with Crippen molar-refractivity contribution in [3.8, 4) is 0 Å². The van der Waals surface area contributed by atoms with Crippen LogP contribution in [0.2, 0.25) is 0 Å². The van der Waals surface area contributed by atoms with E-state index in [1.165, 1.54) is 0 Å². The summed E-state index contributed by atoms with van der Waals surface area (Å²) in [4.78, 5) is 10.6. The van der Waals surface area contributed by atoms with E-state index in [-0.39, 0.29) is 13.2 Å². The van der Waals surface area contributed by atoms with Gasteiger partial charge in [0.15, 0.2) is 0 Å². The lowest BCUT2D eigenvalue weighted by Crippen LogP contribution is -2.23. The van der Waals surface area contributed by atoms with Crippen molar-refractivity contribution in [2.24, 2.45) is 0 Å². The van der Waals surface area contributed by atoms with Gasteiger partial charge in [0.25, 0.3) is 0 Å². The molecule has 0 radical (unpaired) electrons. The molecule has 0 aliphatic rings. The maximum atomic E-state index is 11.8. The van der Waals surface area contributed by atoms with Gasteiger partial charge in [-0.1, -0.05) is 19.4 Å². The van der Waals surface area contributed by atoms with Gasteiger partial charge in [0.2, 0.25) is 0 Å². The Morgan fingerprint density at radius 1 is 1.54 bits per heavy atom. The van der Waals surface area contributed by atoms with Crippen LogP contribution in [0, 0.1) is 0 Å². The first-order valence-corrected chi connectivity index (χ1v) is 3.64. The number of halogens is 3. The summed E-state index contributed by atoms with van der Waals surface area (Å²) in [6, 6.07) is 0. The third-order valence-electron chi connectivity index (χ3n) is 1.04. The molecule has 0 aromatic carbocycles. The van der Waals surface area contributed by atoms with Gasteiger partial charge in [-0.2, -0.15) is 13.2 Å². The molecule has 0 fully saturated rings. The van der Waals surface area contributed by atoms with E-state index < -0.39 is 17.7 Å². The summed E-state index contributed by atoms with van der Waals surface area (Å²) in [5, 5.41) is 0. The number of hydrogen-bond donors (Lipinski definition) is 2. The molecule has 0 spiro atoms. The van der Waals surface area contributed by atoms with Gasteiger partial charge in [-0.25, -0.2) is 4.79 Å². The molecule has 13 heavy (non-hydrogen) atoms. The third kappa shape index (κ3) is 4.79. The topological polar surface area (TPSA) is 38.3 Å². The van der Waals surface area contributed by atoms with Crippen LogP contribution in [0.25, 0.3) is 0 Å². The number of hydrogen-bond acceptors (Lipinski definition) is 4. The monoisotopic (exact) mass is 215 g/mol. The van der Waals surface area contributed by atoms with Gasteiger partial charge in [-0.3, -0.25) is 4.72 Å². The second-order valence-corrected chi connectivity index (χ2v) is 2.34.